The number of para-hydroxylation sites is 1. The molecule has 0 atom stereocenters. The van der Waals surface area contributed by atoms with Crippen molar-refractivity contribution in [2.24, 2.45) is 7.05 Å². The summed E-state index contributed by atoms with van der Waals surface area (Å²) in [5.41, 5.74) is -0.0379. The molecule has 4 rings (SSSR count). The van der Waals surface area contributed by atoms with Crippen molar-refractivity contribution >= 4 is 5.91 Å². The molecule has 0 spiro atoms. The average molecular weight is 356 g/mol. The Hall–Kier alpha value is -2.57. The van der Waals surface area contributed by atoms with E-state index in [2.05, 4.69) is 5.10 Å². The Morgan fingerprint density at radius 3 is 2.50 bits per heavy atom. The number of piperidine rings is 1. The molecule has 7 heteroatoms. The normalized spacial score (nSPS) is 18.1. The third-order valence-electron chi connectivity index (χ3n) is 5.21. The van der Waals surface area contributed by atoms with Crippen molar-refractivity contribution in [2.45, 2.75) is 37.6 Å². The number of hydrogen-bond acceptors (Lipinski definition) is 4. The summed E-state index contributed by atoms with van der Waals surface area (Å²) in [6, 6.07) is 9.49. The second-order valence-corrected chi connectivity index (χ2v) is 7.12. The lowest BCUT2D eigenvalue weighted by atomic mass is 10.0. The number of aryl methyl sites for hydroxylation is 1. The van der Waals surface area contributed by atoms with Gasteiger partial charge in [-0.25, -0.2) is 9.48 Å². The van der Waals surface area contributed by atoms with Gasteiger partial charge in [0, 0.05) is 32.1 Å². The van der Waals surface area contributed by atoms with Crippen LogP contribution in [0.2, 0.25) is 0 Å². The zero-order valence-corrected chi connectivity index (χ0v) is 15.0. The summed E-state index contributed by atoms with van der Waals surface area (Å²) in [7, 11) is 1.71. The Morgan fingerprint density at radius 2 is 1.85 bits per heavy atom. The smallest absolute Gasteiger partial charge is 0.345 e. The lowest BCUT2D eigenvalue weighted by Gasteiger charge is -2.32. The number of aromatic nitrogens is 3. The van der Waals surface area contributed by atoms with Crippen LogP contribution in [0.15, 0.2) is 35.1 Å². The van der Waals surface area contributed by atoms with Crippen LogP contribution in [-0.4, -0.2) is 44.9 Å². The molecule has 0 radical (unpaired) electrons. The van der Waals surface area contributed by atoms with Crippen LogP contribution in [0.5, 0.6) is 5.75 Å². The number of likely N-dealkylation sites (tertiary alicyclic amines) is 1. The van der Waals surface area contributed by atoms with Gasteiger partial charge in [0.05, 0.1) is 0 Å². The standard InChI is InChI=1S/C19H24N4O3/c1-21-19(25)23(18(20-21)14-7-8-14)15-9-11-22(12-10-15)17(24)13-26-16-5-3-2-4-6-16/h2-6,14-15H,7-13H2,1H3. The maximum Gasteiger partial charge on any atom is 0.345 e. The molecule has 0 N–H and O–H groups in total. The van der Waals surface area contributed by atoms with E-state index in [1.54, 1.807) is 7.05 Å². The number of ether oxygens (including phenoxy) is 1. The van der Waals surface area contributed by atoms with Crippen molar-refractivity contribution in [1.82, 2.24) is 19.2 Å². The predicted molar refractivity (Wildman–Crippen MR) is 96.2 cm³/mol. The summed E-state index contributed by atoms with van der Waals surface area (Å²) in [5.74, 6) is 2.05. The molecule has 0 bridgehead atoms. The first kappa shape index (κ1) is 16.9. The van der Waals surface area contributed by atoms with E-state index in [-0.39, 0.29) is 24.2 Å². The number of rotatable bonds is 5. The Labute approximate surface area is 152 Å². The second-order valence-electron chi connectivity index (χ2n) is 7.12. The zero-order chi connectivity index (χ0) is 18.1. The highest BCUT2D eigenvalue weighted by Gasteiger charge is 2.34. The highest BCUT2D eigenvalue weighted by Crippen LogP contribution is 2.40. The Kier molecular flexibility index (Phi) is 4.53. The quantitative estimate of drug-likeness (QED) is 0.818. The highest BCUT2D eigenvalue weighted by atomic mass is 16.5. The molecule has 2 fully saturated rings. The third-order valence-corrected chi connectivity index (χ3v) is 5.21. The maximum atomic E-state index is 12.5. The van der Waals surface area contributed by atoms with E-state index in [0.29, 0.717) is 24.8 Å². The molecule has 0 unspecified atom stereocenters. The summed E-state index contributed by atoms with van der Waals surface area (Å²) in [6.07, 6.45) is 3.79. The molecule has 1 saturated carbocycles. The van der Waals surface area contributed by atoms with E-state index in [1.165, 1.54) is 4.68 Å². The molecule has 138 valence electrons. The molecule has 1 amide bonds. The van der Waals surface area contributed by atoms with Crippen LogP contribution in [-0.2, 0) is 11.8 Å². The van der Waals surface area contributed by atoms with E-state index in [0.717, 1.165) is 31.5 Å². The van der Waals surface area contributed by atoms with Crippen molar-refractivity contribution in [3.05, 3.63) is 46.6 Å². The first-order chi connectivity index (χ1) is 12.6. The van der Waals surface area contributed by atoms with Gasteiger partial charge in [-0.2, -0.15) is 5.10 Å². The fraction of sp³-hybridized carbons (Fsp3) is 0.526. The third kappa shape index (κ3) is 3.38. The number of nitrogens with zero attached hydrogens (tertiary/aromatic N) is 4. The lowest BCUT2D eigenvalue weighted by molar-refractivity contribution is -0.134. The van der Waals surface area contributed by atoms with Gasteiger partial charge in [0.2, 0.25) is 0 Å². The molecular weight excluding hydrogens is 332 g/mol. The Balaban J connectivity index is 1.36. The minimum absolute atomic E-state index is 0.00625. The van der Waals surface area contributed by atoms with Gasteiger partial charge in [-0.1, -0.05) is 18.2 Å². The van der Waals surface area contributed by atoms with E-state index < -0.39 is 0 Å². The molecule has 2 aliphatic rings. The van der Waals surface area contributed by atoms with Crippen LogP contribution < -0.4 is 10.4 Å². The first-order valence-corrected chi connectivity index (χ1v) is 9.24. The monoisotopic (exact) mass is 356 g/mol. The van der Waals surface area contributed by atoms with Gasteiger partial charge < -0.3 is 9.64 Å². The molecule has 1 aliphatic carbocycles. The topological polar surface area (TPSA) is 69.4 Å². The van der Waals surface area contributed by atoms with Gasteiger partial charge in [-0.05, 0) is 37.8 Å². The molecule has 1 saturated heterocycles. The summed E-state index contributed by atoms with van der Waals surface area (Å²) < 4.78 is 8.87. The minimum Gasteiger partial charge on any atom is -0.484 e. The Bertz CT molecular complexity index is 830. The van der Waals surface area contributed by atoms with Crippen LogP contribution in [0.1, 0.15) is 43.5 Å². The van der Waals surface area contributed by atoms with Gasteiger partial charge in [0.25, 0.3) is 5.91 Å². The van der Waals surface area contributed by atoms with Gasteiger partial charge >= 0.3 is 5.69 Å². The van der Waals surface area contributed by atoms with E-state index in [9.17, 15) is 9.59 Å². The van der Waals surface area contributed by atoms with Gasteiger partial charge in [-0.15, -0.1) is 0 Å². The number of carbonyl (C=O) groups excluding carboxylic acids is 1. The average Bonchev–Trinajstić information content (AvgIpc) is 3.47. The van der Waals surface area contributed by atoms with Gasteiger partial charge in [0.1, 0.15) is 11.6 Å². The molecule has 1 aromatic carbocycles. The summed E-state index contributed by atoms with van der Waals surface area (Å²) in [6.45, 7) is 1.34. The predicted octanol–water partition coefficient (Wildman–Crippen LogP) is 1.70. The highest BCUT2D eigenvalue weighted by molar-refractivity contribution is 5.77. The van der Waals surface area contributed by atoms with Crippen LogP contribution in [0, 0.1) is 0 Å². The number of benzene rings is 1. The second kappa shape index (κ2) is 6.97. The fourth-order valence-corrected chi connectivity index (χ4v) is 3.59. The molecule has 1 aromatic heterocycles. The Morgan fingerprint density at radius 1 is 1.15 bits per heavy atom. The van der Waals surface area contributed by atoms with E-state index >= 15 is 0 Å². The van der Waals surface area contributed by atoms with Crippen LogP contribution >= 0.6 is 0 Å². The molecule has 2 aromatic rings. The van der Waals surface area contributed by atoms with E-state index in [1.807, 2.05) is 39.8 Å². The lowest BCUT2D eigenvalue weighted by Crippen LogP contribution is -2.43. The van der Waals surface area contributed by atoms with Crippen LogP contribution in [0.3, 0.4) is 0 Å². The van der Waals surface area contributed by atoms with Gasteiger partial charge in [-0.3, -0.25) is 9.36 Å². The van der Waals surface area contributed by atoms with Crippen molar-refractivity contribution in [3.8, 4) is 5.75 Å². The summed E-state index contributed by atoms with van der Waals surface area (Å²) in [4.78, 5) is 26.7. The fourth-order valence-electron chi connectivity index (χ4n) is 3.59. The maximum absolute atomic E-state index is 12.5. The SMILES string of the molecule is Cn1nc(C2CC2)n(C2CCN(C(=O)COc3ccccc3)CC2)c1=O. The molecule has 7 nitrogen and oxygen atoms in total. The van der Waals surface area contributed by atoms with Crippen LogP contribution in [0.4, 0.5) is 0 Å². The largest absolute Gasteiger partial charge is 0.484 e. The first-order valence-electron chi connectivity index (χ1n) is 9.24. The van der Waals surface area contributed by atoms with Gasteiger partial charge in [0.15, 0.2) is 6.61 Å². The van der Waals surface area contributed by atoms with Crippen molar-refractivity contribution in [3.63, 3.8) is 0 Å². The number of carbonyl (C=O) groups is 1. The molecule has 26 heavy (non-hydrogen) atoms. The summed E-state index contributed by atoms with van der Waals surface area (Å²) in [5, 5.41) is 4.43. The number of amides is 1. The molecule has 2 heterocycles. The minimum atomic E-state index is -0.0379. The van der Waals surface area contributed by atoms with Crippen molar-refractivity contribution < 1.29 is 9.53 Å². The van der Waals surface area contributed by atoms with Crippen LogP contribution in [0.25, 0.3) is 0 Å². The molecular formula is C19H24N4O3. The van der Waals surface area contributed by atoms with E-state index in [4.69, 9.17) is 4.74 Å². The zero-order valence-electron chi connectivity index (χ0n) is 15.0. The number of hydrogen-bond donors (Lipinski definition) is 0. The van der Waals surface area contributed by atoms with Crippen molar-refractivity contribution in [1.29, 1.82) is 0 Å². The van der Waals surface area contributed by atoms with Crippen molar-refractivity contribution in [2.75, 3.05) is 19.7 Å². The molecule has 1 aliphatic heterocycles. The summed E-state index contributed by atoms with van der Waals surface area (Å²) >= 11 is 0.